The largest absolute Gasteiger partial charge is 0.156 e. The van der Waals surface area contributed by atoms with Gasteiger partial charge in [-0.1, -0.05) is 26.1 Å². The van der Waals surface area contributed by atoms with Gasteiger partial charge in [-0.2, -0.15) is 5.19 Å². The number of fused-ring (bicyclic) bond motifs is 1. The van der Waals surface area contributed by atoms with E-state index in [0.717, 1.165) is 0 Å². The number of hydrogen-bond acceptors (Lipinski definition) is 0. The molecule has 0 bridgehead atoms. The normalized spacial score (nSPS) is 10.6. The summed E-state index contributed by atoms with van der Waals surface area (Å²) in [6, 6.07) is 11.0. The second kappa shape index (κ2) is 4.63. The average Bonchev–Trinajstić information content (AvgIpc) is 2.39. The summed E-state index contributed by atoms with van der Waals surface area (Å²) in [5.41, 5.74) is 1.47. The number of benzene rings is 1. The number of aryl methyl sites for hydroxylation is 1. The van der Waals surface area contributed by atoms with Crippen molar-refractivity contribution in [2.45, 2.75) is 20.0 Å². The molecule has 0 saturated heterocycles. The molecule has 0 N–H and O–H groups in total. The summed E-state index contributed by atoms with van der Waals surface area (Å²) in [5.74, 6) is 0. The Morgan fingerprint density at radius 3 is 2.43 bits per heavy atom. The van der Waals surface area contributed by atoms with E-state index in [-0.39, 0.29) is 35.0 Å². The van der Waals surface area contributed by atoms with Crippen LogP contribution in [0.4, 0.5) is 0 Å². The van der Waals surface area contributed by atoms with Gasteiger partial charge in [-0.05, 0) is 0 Å². The average molecular weight is 278 g/mol. The van der Waals surface area contributed by atoms with Crippen molar-refractivity contribution in [2.24, 2.45) is 0 Å². The molecule has 2 rings (SSSR count). The second-order valence-corrected chi connectivity index (χ2v) is 6.29. The van der Waals surface area contributed by atoms with Crippen LogP contribution in [0.1, 0.15) is 5.56 Å². The summed E-state index contributed by atoms with van der Waals surface area (Å²) in [4.78, 5) is 0. The van der Waals surface area contributed by atoms with Gasteiger partial charge in [0, 0.05) is 35.0 Å². The van der Waals surface area contributed by atoms with Gasteiger partial charge >= 0.3 is 0 Å². The fourth-order valence-electron chi connectivity index (χ4n) is 2.03. The Labute approximate surface area is 106 Å². The van der Waals surface area contributed by atoms with E-state index in [1.807, 2.05) is 0 Å². The second-order valence-electron chi connectivity index (χ2n) is 3.79. The van der Waals surface area contributed by atoms with Crippen LogP contribution in [0.25, 0.3) is 10.8 Å². The van der Waals surface area contributed by atoms with Crippen molar-refractivity contribution in [1.29, 1.82) is 0 Å². The molecule has 2 heteroatoms. The quantitative estimate of drug-likeness (QED) is 0.555. The van der Waals surface area contributed by atoms with E-state index >= 15 is 0 Å². The van der Waals surface area contributed by atoms with Gasteiger partial charge < -0.3 is 0 Å². The summed E-state index contributed by atoms with van der Waals surface area (Å²) in [6.45, 7) is 6.95. The van der Waals surface area contributed by atoms with Crippen LogP contribution >= 0.6 is 0 Å². The van der Waals surface area contributed by atoms with Crippen molar-refractivity contribution in [3.8, 4) is 0 Å². The maximum Gasteiger partial charge on any atom is 0.0135 e. The van der Waals surface area contributed by atoms with Crippen molar-refractivity contribution in [3.63, 3.8) is 0 Å². The zero-order valence-corrected chi connectivity index (χ0v) is 12.3. The molecule has 0 aliphatic carbocycles. The molecule has 0 aliphatic heterocycles. The molecule has 0 heterocycles. The molecule has 2 aromatic carbocycles. The Bertz CT molecular complexity index is 429. The minimum Gasteiger partial charge on any atom is -0.156 e. The number of rotatable bonds is 1. The molecule has 0 amide bonds. The Morgan fingerprint density at radius 2 is 1.79 bits per heavy atom. The van der Waals surface area contributed by atoms with Gasteiger partial charge in [0.1, 0.15) is 0 Å². The van der Waals surface area contributed by atoms with Crippen molar-refractivity contribution < 1.29 is 26.2 Å². The minimum atomic E-state index is -0.324. The molecule has 14 heavy (non-hydrogen) atoms. The van der Waals surface area contributed by atoms with Crippen LogP contribution in [-0.4, -0.2) is 8.80 Å². The van der Waals surface area contributed by atoms with E-state index in [1.54, 1.807) is 5.19 Å². The summed E-state index contributed by atoms with van der Waals surface area (Å²) >= 11 is 0. The monoisotopic (exact) mass is 276 g/mol. The van der Waals surface area contributed by atoms with Crippen molar-refractivity contribution in [1.82, 2.24) is 0 Å². The first-order chi connectivity index (χ1) is 6.20. The Balaban J connectivity index is 0.000000980. The van der Waals surface area contributed by atoms with E-state index in [2.05, 4.69) is 50.3 Å². The van der Waals surface area contributed by atoms with E-state index in [4.69, 9.17) is 0 Å². The zero-order valence-electron chi connectivity index (χ0n) is 8.89. The predicted octanol–water partition coefficient (Wildman–Crippen LogP) is 2.83. The van der Waals surface area contributed by atoms with E-state index in [9.17, 15) is 0 Å². The van der Waals surface area contributed by atoms with Crippen LogP contribution in [-0.2, 0) is 26.2 Å². The zero-order chi connectivity index (χ0) is 9.42. The van der Waals surface area contributed by atoms with Crippen LogP contribution in [0, 0.1) is 6.92 Å². The third kappa shape index (κ3) is 1.97. The van der Waals surface area contributed by atoms with Crippen molar-refractivity contribution >= 4 is 24.8 Å². The Kier molecular flexibility index (Phi) is 3.97. The maximum absolute atomic E-state index is 2.36. The first-order valence-corrected chi connectivity index (χ1v) is 7.15. The van der Waals surface area contributed by atoms with Gasteiger partial charge in [0.25, 0.3) is 0 Å². The SMILES string of the molecule is Cc1[cH-]c2ccccc2c1[Si](C)C.[Zr]. The predicted molar refractivity (Wildman–Crippen MR) is 61.4 cm³/mol. The molecule has 0 fully saturated rings. The molecule has 0 aliphatic rings. The Hall–Kier alpha value is -0.0700. The molecule has 71 valence electrons. The molecule has 2 aromatic rings. The van der Waals surface area contributed by atoms with Crippen molar-refractivity contribution in [3.05, 3.63) is 35.9 Å². The van der Waals surface area contributed by atoms with Crippen LogP contribution in [0.15, 0.2) is 30.3 Å². The topological polar surface area (TPSA) is 0 Å². The minimum absolute atomic E-state index is 0. The summed E-state index contributed by atoms with van der Waals surface area (Å²) in [6.07, 6.45) is 0. The first kappa shape index (κ1) is 12.0. The Morgan fingerprint density at radius 1 is 1.14 bits per heavy atom. The standard InChI is InChI=1S/C12H14Si.Zr/c1-9-8-10-6-4-5-7-11(10)12(9)13(2)3;/h4-8H,1-3H3;/q-1;. The molecule has 0 atom stereocenters. The molecule has 0 nitrogen and oxygen atoms in total. The van der Waals surface area contributed by atoms with Crippen LogP contribution in [0.3, 0.4) is 0 Å². The molecular weight excluding hydrogens is 263 g/mol. The number of hydrogen-bond donors (Lipinski definition) is 0. The van der Waals surface area contributed by atoms with Crippen LogP contribution in [0.5, 0.6) is 0 Å². The van der Waals surface area contributed by atoms with E-state index in [0.29, 0.717) is 0 Å². The third-order valence-corrected chi connectivity index (χ3v) is 4.16. The van der Waals surface area contributed by atoms with E-state index < -0.39 is 0 Å². The third-order valence-electron chi connectivity index (χ3n) is 2.50. The van der Waals surface area contributed by atoms with Crippen LogP contribution in [0.2, 0.25) is 13.1 Å². The van der Waals surface area contributed by atoms with Gasteiger partial charge in [-0.15, -0.1) is 40.6 Å². The van der Waals surface area contributed by atoms with Gasteiger partial charge in [0.05, 0.1) is 0 Å². The summed E-state index contributed by atoms with van der Waals surface area (Å²) < 4.78 is 0. The maximum atomic E-state index is 2.36. The van der Waals surface area contributed by atoms with Gasteiger partial charge in [0.15, 0.2) is 0 Å². The fourth-order valence-corrected chi connectivity index (χ4v) is 3.66. The molecule has 0 spiro atoms. The van der Waals surface area contributed by atoms with Gasteiger partial charge in [-0.3, -0.25) is 0 Å². The molecule has 0 aromatic heterocycles. The first-order valence-electron chi connectivity index (χ1n) is 4.65. The summed E-state index contributed by atoms with van der Waals surface area (Å²) in [7, 11) is -0.324. The van der Waals surface area contributed by atoms with Crippen LogP contribution < -0.4 is 5.19 Å². The van der Waals surface area contributed by atoms with E-state index in [1.165, 1.54) is 16.3 Å². The molecule has 0 saturated carbocycles. The fraction of sp³-hybridized carbons (Fsp3) is 0.250. The van der Waals surface area contributed by atoms with Crippen molar-refractivity contribution in [2.75, 3.05) is 0 Å². The smallest absolute Gasteiger partial charge is 0.0135 e. The van der Waals surface area contributed by atoms with Gasteiger partial charge in [-0.25, -0.2) is 0 Å². The molecule has 0 unspecified atom stereocenters. The molecule has 1 radical (unpaired) electrons. The summed E-state index contributed by atoms with van der Waals surface area (Å²) in [5, 5.41) is 4.49. The van der Waals surface area contributed by atoms with Gasteiger partial charge in [0.2, 0.25) is 0 Å². The molecular formula is C12H14SiZr-.